The monoisotopic (exact) mass is 572 g/mol. The van der Waals surface area contributed by atoms with E-state index >= 15 is 0 Å². The van der Waals surface area contributed by atoms with E-state index in [4.69, 9.17) is 0 Å². The second-order valence-electron chi connectivity index (χ2n) is 9.93. The van der Waals surface area contributed by atoms with Crippen molar-refractivity contribution in [2.75, 3.05) is 33.9 Å². The summed E-state index contributed by atoms with van der Waals surface area (Å²) in [5, 5.41) is 18.5. The van der Waals surface area contributed by atoms with Crippen LogP contribution in [-0.2, 0) is 0 Å². The third kappa shape index (κ3) is 6.72. The highest BCUT2D eigenvalue weighted by Crippen LogP contribution is 2.35. The molecule has 0 saturated carbocycles. The smallest absolute Gasteiger partial charge is 0.372 e. The van der Waals surface area contributed by atoms with Gasteiger partial charge in [0.1, 0.15) is 6.07 Å². The average Bonchev–Trinajstić information content (AvgIpc) is 3.54. The van der Waals surface area contributed by atoms with E-state index in [2.05, 4.69) is 27.0 Å². The minimum absolute atomic E-state index is 0.0516. The van der Waals surface area contributed by atoms with Crippen LogP contribution in [0, 0.1) is 17.2 Å². The highest BCUT2D eigenvalue weighted by molar-refractivity contribution is 6.05. The van der Waals surface area contributed by atoms with E-state index in [1.54, 1.807) is 85.2 Å². The quantitative estimate of drug-likeness (QED) is 0.192. The molecule has 2 heterocycles. The molecule has 2 amide bonds. The van der Waals surface area contributed by atoms with Gasteiger partial charge in [0.2, 0.25) is 0 Å². The topological polar surface area (TPSA) is 113 Å². The zero-order valence-electron chi connectivity index (χ0n) is 22.3. The second kappa shape index (κ2) is 12.1. The molecular weight excluding hydrogens is 545 g/mol. The third-order valence-electron chi connectivity index (χ3n) is 7.13. The maximum Gasteiger partial charge on any atom is 0.391 e. The number of anilines is 5. The zero-order valence-corrected chi connectivity index (χ0v) is 22.3. The first-order chi connectivity index (χ1) is 20.2. The Hall–Kier alpha value is -5.24. The molecule has 0 aliphatic carbocycles. The van der Waals surface area contributed by atoms with Crippen molar-refractivity contribution in [3.63, 3.8) is 0 Å². The van der Waals surface area contributed by atoms with Crippen molar-refractivity contribution in [2.24, 2.45) is 5.92 Å². The summed E-state index contributed by atoms with van der Waals surface area (Å²) in [6, 6.07) is 22.5. The summed E-state index contributed by atoms with van der Waals surface area (Å²) in [5.41, 5.74) is 4.27. The summed E-state index contributed by atoms with van der Waals surface area (Å²) < 4.78 is 38.8. The Kier molecular flexibility index (Phi) is 8.15. The summed E-state index contributed by atoms with van der Waals surface area (Å²) in [4.78, 5) is 29.8. The Labute approximate surface area is 240 Å². The lowest BCUT2D eigenvalue weighted by Crippen LogP contribution is -2.39. The van der Waals surface area contributed by atoms with Gasteiger partial charge in [-0.1, -0.05) is 0 Å². The lowest BCUT2D eigenvalue weighted by Gasteiger charge is -2.34. The molecule has 1 aromatic heterocycles. The van der Waals surface area contributed by atoms with Crippen molar-refractivity contribution in [3.8, 4) is 6.07 Å². The molecule has 3 aromatic carbocycles. The lowest BCUT2D eigenvalue weighted by molar-refractivity contribution is -0.179. The van der Waals surface area contributed by atoms with Crippen LogP contribution >= 0.6 is 0 Å². The van der Waals surface area contributed by atoms with Crippen molar-refractivity contribution < 1.29 is 22.8 Å². The first-order valence-electron chi connectivity index (χ1n) is 13.3. The molecule has 214 valence electrons. The molecule has 4 N–H and O–H groups in total. The molecule has 11 heteroatoms. The van der Waals surface area contributed by atoms with E-state index in [0.717, 1.165) is 5.69 Å². The Balaban J connectivity index is 1.17. The molecule has 8 nitrogen and oxygen atoms in total. The van der Waals surface area contributed by atoms with Crippen molar-refractivity contribution in [1.82, 2.24) is 4.98 Å². The highest BCUT2D eigenvalue weighted by Gasteiger charge is 2.41. The zero-order chi connectivity index (χ0) is 29.7. The molecule has 1 saturated heterocycles. The molecule has 42 heavy (non-hydrogen) atoms. The van der Waals surface area contributed by atoms with E-state index in [9.17, 15) is 28.0 Å². The minimum atomic E-state index is -4.16. The van der Waals surface area contributed by atoms with Gasteiger partial charge in [-0.05, 0) is 85.6 Å². The number of rotatable bonds is 7. The van der Waals surface area contributed by atoms with Crippen LogP contribution in [0.4, 0.5) is 41.6 Å². The van der Waals surface area contributed by atoms with Gasteiger partial charge in [-0.2, -0.15) is 18.4 Å². The highest BCUT2D eigenvalue weighted by atomic mass is 19.4. The number of aromatic nitrogens is 1. The van der Waals surface area contributed by atoms with Gasteiger partial charge >= 0.3 is 6.18 Å². The van der Waals surface area contributed by atoms with Gasteiger partial charge in [0.15, 0.2) is 0 Å². The van der Waals surface area contributed by atoms with Crippen LogP contribution in [0.3, 0.4) is 0 Å². The van der Waals surface area contributed by atoms with Gasteiger partial charge in [-0.25, -0.2) is 0 Å². The Morgan fingerprint density at radius 1 is 0.833 bits per heavy atom. The Morgan fingerprint density at radius 3 is 2.07 bits per heavy atom. The fraction of sp³-hybridized carbons (Fsp3) is 0.194. The predicted molar refractivity (Wildman–Crippen MR) is 155 cm³/mol. The van der Waals surface area contributed by atoms with Crippen LogP contribution < -0.4 is 20.9 Å². The fourth-order valence-electron chi connectivity index (χ4n) is 4.78. The van der Waals surface area contributed by atoms with Gasteiger partial charge in [0.25, 0.3) is 11.8 Å². The van der Waals surface area contributed by atoms with Crippen molar-refractivity contribution in [1.29, 1.82) is 5.26 Å². The van der Waals surface area contributed by atoms with Gasteiger partial charge in [-0.3, -0.25) is 9.59 Å². The number of nitrogens with one attached hydrogen (secondary N) is 4. The number of amides is 2. The SMILES string of the molecule is N#Cc1cc(NC(=O)c2ccc(N3CCC(C(F)(F)F)CC3)cc2)ccc1Nc1ccc(NC(=O)c2cc[nH]c2)cc1. The molecule has 0 radical (unpaired) electrons. The fourth-order valence-corrected chi connectivity index (χ4v) is 4.78. The maximum atomic E-state index is 12.9. The summed E-state index contributed by atoms with van der Waals surface area (Å²) in [6.45, 7) is 0.615. The third-order valence-corrected chi connectivity index (χ3v) is 7.13. The van der Waals surface area contributed by atoms with Crippen LogP contribution in [0.5, 0.6) is 0 Å². The number of hydrogen-bond acceptors (Lipinski definition) is 5. The number of carbonyl (C=O) groups excluding carboxylic acids is 2. The van der Waals surface area contributed by atoms with Crippen molar-refractivity contribution in [3.05, 3.63) is 102 Å². The van der Waals surface area contributed by atoms with Crippen LogP contribution in [-0.4, -0.2) is 36.1 Å². The maximum absolute atomic E-state index is 12.9. The molecule has 5 rings (SSSR count). The van der Waals surface area contributed by atoms with E-state index in [0.29, 0.717) is 52.5 Å². The molecule has 1 fully saturated rings. The summed E-state index contributed by atoms with van der Waals surface area (Å²) >= 11 is 0. The van der Waals surface area contributed by atoms with E-state index in [1.807, 2.05) is 4.90 Å². The summed E-state index contributed by atoms with van der Waals surface area (Å²) in [5.74, 6) is -1.88. The van der Waals surface area contributed by atoms with E-state index in [-0.39, 0.29) is 24.7 Å². The molecule has 0 spiro atoms. The number of hydrogen-bond donors (Lipinski definition) is 4. The number of piperidine rings is 1. The number of halogens is 3. The number of H-pyrrole nitrogens is 1. The van der Waals surface area contributed by atoms with Crippen LogP contribution in [0.1, 0.15) is 39.1 Å². The molecule has 1 aliphatic rings. The Bertz CT molecular complexity index is 1590. The Morgan fingerprint density at radius 2 is 1.45 bits per heavy atom. The summed E-state index contributed by atoms with van der Waals surface area (Å²) in [6.07, 6.45) is -0.788. The first-order valence-corrected chi connectivity index (χ1v) is 13.3. The molecule has 1 aliphatic heterocycles. The van der Waals surface area contributed by atoms with Crippen molar-refractivity contribution in [2.45, 2.75) is 19.0 Å². The number of alkyl halides is 3. The van der Waals surface area contributed by atoms with Crippen LogP contribution in [0.15, 0.2) is 85.2 Å². The normalized spacial score (nSPS) is 13.7. The van der Waals surface area contributed by atoms with Crippen molar-refractivity contribution >= 4 is 40.3 Å². The number of nitrogens with zero attached hydrogens (tertiary/aromatic N) is 2. The minimum Gasteiger partial charge on any atom is -0.372 e. The van der Waals surface area contributed by atoms with E-state index < -0.39 is 12.1 Å². The largest absolute Gasteiger partial charge is 0.391 e. The van der Waals surface area contributed by atoms with Gasteiger partial charge in [-0.15, -0.1) is 0 Å². The number of carbonyl (C=O) groups is 2. The predicted octanol–water partition coefficient (Wildman–Crippen LogP) is 6.91. The molecule has 0 bridgehead atoms. The molecule has 0 unspecified atom stereocenters. The number of aromatic amines is 1. The van der Waals surface area contributed by atoms with Gasteiger partial charge in [0.05, 0.1) is 22.7 Å². The van der Waals surface area contributed by atoms with Gasteiger partial charge < -0.3 is 25.8 Å². The van der Waals surface area contributed by atoms with Crippen LogP contribution in [0.2, 0.25) is 0 Å². The summed E-state index contributed by atoms with van der Waals surface area (Å²) in [7, 11) is 0. The molecule has 0 atom stereocenters. The number of benzene rings is 3. The lowest BCUT2D eigenvalue weighted by atomic mass is 9.96. The molecule has 4 aromatic rings. The van der Waals surface area contributed by atoms with Crippen LogP contribution in [0.25, 0.3) is 0 Å². The average molecular weight is 573 g/mol. The number of nitriles is 1. The first kappa shape index (κ1) is 28.3. The van der Waals surface area contributed by atoms with E-state index in [1.165, 1.54) is 0 Å². The molecular formula is C31H27F3N6O2. The second-order valence-corrected chi connectivity index (χ2v) is 9.93. The van der Waals surface area contributed by atoms with Gasteiger partial charge in [0, 0.05) is 53.8 Å². The standard InChI is InChI=1S/C31H27F3N6O2/c32-31(33,34)23-12-15-40(16-13-23)27-8-1-20(2-9-27)29(41)39-26-7-10-28(22(17-26)18-35)37-24-3-5-25(6-4-24)38-30(42)21-11-14-36-19-21/h1-11,14,17,19,23,36-37H,12-13,15-16H2,(H,38,42)(H,39,41).